The van der Waals surface area contributed by atoms with E-state index in [9.17, 15) is 0 Å². The maximum Gasteiger partial charge on any atom is 0.0729 e. The largest absolute Gasteiger partial charge is 0.333 e. The molecule has 0 saturated carbocycles. The summed E-state index contributed by atoms with van der Waals surface area (Å²) in [6.45, 7) is 18.1. The summed E-state index contributed by atoms with van der Waals surface area (Å²) in [5.41, 5.74) is 7.77. The second-order valence-corrected chi connectivity index (χ2v) is 11.3. The van der Waals surface area contributed by atoms with Gasteiger partial charge in [-0.3, -0.25) is 0 Å². The van der Waals surface area contributed by atoms with Gasteiger partial charge in [0.1, 0.15) is 0 Å². The number of halogens is 1. The molecule has 150 valence electrons. The third kappa shape index (κ3) is 4.14. The Morgan fingerprint density at radius 3 is 1.93 bits per heavy atom. The second-order valence-electron chi connectivity index (χ2n) is 9.78. The lowest BCUT2D eigenvalue weighted by Gasteiger charge is -2.28. The first-order valence-corrected chi connectivity index (χ1v) is 11.3. The van der Waals surface area contributed by atoms with Crippen LogP contribution in [0.25, 0.3) is 11.1 Å². The monoisotopic (exact) mass is 413 g/mol. The number of hydrogen-bond acceptors (Lipinski definition) is 2. The van der Waals surface area contributed by atoms with Crippen LogP contribution < -0.4 is 4.90 Å². The van der Waals surface area contributed by atoms with Crippen molar-refractivity contribution in [3.05, 3.63) is 63.1 Å². The van der Waals surface area contributed by atoms with Gasteiger partial charge in [0.2, 0.25) is 0 Å². The van der Waals surface area contributed by atoms with Crippen molar-refractivity contribution >= 4 is 29.1 Å². The van der Waals surface area contributed by atoms with Gasteiger partial charge in [0, 0.05) is 16.2 Å². The topological polar surface area (TPSA) is 3.24 Å². The van der Waals surface area contributed by atoms with Crippen LogP contribution in [0, 0.1) is 0 Å². The van der Waals surface area contributed by atoms with E-state index < -0.39 is 0 Å². The fourth-order valence-corrected chi connectivity index (χ4v) is 4.70. The number of anilines is 1. The molecule has 0 amide bonds. The van der Waals surface area contributed by atoms with E-state index in [-0.39, 0.29) is 10.8 Å². The Morgan fingerprint density at radius 1 is 0.893 bits per heavy atom. The molecular formula is C25H32ClNS. The molecule has 2 aromatic carbocycles. The number of benzene rings is 2. The molecule has 1 heterocycles. The van der Waals surface area contributed by atoms with Crippen molar-refractivity contribution in [1.29, 1.82) is 0 Å². The smallest absolute Gasteiger partial charge is 0.0729 e. The minimum absolute atomic E-state index is 0.0879. The highest BCUT2D eigenvalue weighted by atomic mass is 35.5. The number of allylic oxidation sites excluding steroid dienone is 2. The fourth-order valence-electron chi connectivity index (χ4n) is 3.46. The van der Waals surface area contributed by atoms with Crippen LogP contribution in [0.15, 0.2) is 47.0 Å². The zero-order valence-corrected chi connectivity index (χ0v) is 20.0. The summed E-state index contributed by atoms with van der Waals surface area (Å²) < 4.78 is 0. The summed E-state index contributed by atoms with van der Waals surface area (Å²) in [6.07, 6.45) is 0. The first-order chi connectivity index (χ1) is 12.9. The molecule has 3 heteroatoms. The van der Waals surface area contributed by atoms with E-state index in [1.165, 1.54) is 32.9 Å². The van der Waals surface area contributed by atoms with Gasteiger partial charge in [-0.2, -0.15) is 0 Å². The average Bonchev–Trinajstić information content (AvgIpc) is 2.92. The Bertz CT molecular complexity index is 896. The number of para-hydroxylation sites is 1. The van der Waals surface area contributed by atoms with Gasteiger partial charge in [0.05, 0.1) is 16.6 Å². The van der Waals surface area contributed by atoms with Crippen molar-refractivity contribution in [2.75, 3.05) is 10.8 Å². The van der Waals surface area contributed by atoms with E-state index in [0.29, 0.717) is 0 Å². The predicted octanol–water partition coefficient (Wildman–Crippen LogP) is 8.36. The molecule has 0 N–H and O–H groups in total. The quantitative estimate of drug-likeness (QED) is 0.486. The van der Waals surface area contributed by atoms with Crippen LogP contribution >= 0.6 is 23.4 Å². The van der Waals surface area contributed by atoms with Crippen molar-refractivity contribution in [2.24, 2.45) is 0 Å². The van der Waals surface area contributed by atoms with Gasteiger partial charge in [-0.15, -0.1) is 11.8 Å². The molecule has 0 spiro atoms. The molecule has 0 saturated heterocycles. The predicted molar refractivity (Wildman–Crippen MR) is 128 cm³/mol. The standard InChI is InChI=1S/C25H32ClNS/c1-16-17(2)28-15-27(16)23-21(10-9-11-22(23)26)18-12-19(24(3,4)5)14-20(13-18)25(6,7)8/h9-14H,15H2,1-8H3. The van der Waals surface area contributed by atoms with E-state index in [4.69, 9.17) is 11.6 Å². The van der Waals surface area contributed by atoms with Crippen LogP contribution in [0.5, 0.6) is 0 Å². The lowest BCUT2D eigenvalue weighted by molar-refractivity contribution is 0.569. The van der Waals surface area contributed by atoms with E-state index in [2.05, 4.69) is 90.6 Å². The first-order valence-electron chi connectivity index (χ1n) is 9.92. The average molecular weight is 414 g/mol. The zero-order valence-electron chi connectivity index (χ0n) is 18.4. The molecule has 0 atom stereocenters. The highest BCUT2D eigenvalue weighted by Crippen LogP contribution is 2.45. The van der Waals surface area contributed by atoms with Gasteiger partial charge in [-0.1, -0.05) is 83.5 Å². The van der Waals surface area contributed by atoms with Crippen LogP contribution in [0.1, 0.15) is 66.5 Å². The number of thioether (sulfide) groups is 1. The summed E-state index contributed by atoms with van der Waals surface area (Å²) >= 11 is 8.64. The minimum Gasteiger partial charge on any atom is -0.333 e. The summed E-state index contributed by atoms with van der Waals surface area (Å²) in [5.74, 6) is 0.916. The van der Waals surface area contributed by atoms with Crippen molar-refractivity contribution in [3.8, 4) is 11.1 Å². The van der Waals surface area contributed by atoms with Gasteiger partial charge in [-0.05, 0) is 47.4 Å². The molecule has 0 radical (unpaired) electrons. The van der Waals surface area contributed by atoms with Crippen molar-refractivity contribution in [2.45, 2.75) is 66.2 Å². The van der Waals surface area contributed by atoms with Crippen LogP contribution in [-0.4, -0.2) is 5.88 Å². The molecule has 2 aromatic rings. The van der Waals surface area contributed by atoms with Gasteiger partial charge in [-0.25, -0.2) is 0 Å². The Kier molecular flexibility index (Phi) is 5.68. The molecular weight excluding hydrogens is 382 g/mol. The normalized spacial score (nSPS) is 15.5. The summed E-state index contributed by atoms with van der Waals surface area (Å²) in [5, 5.41) is 0.811. The van der Waals surface area contributed by atoms with Crippen molar-refractivity contribution in [1.82, 2.24) is 0 Å². The van der Waals surface area contributed by atoms with E-state index in [0.717, 1.165) is 16.6 Å². The maximum atomic E-state index is 6.76. The summed E-state index contributed by atoms with van der Waals surface area (Å²) in [7, 11) is 0. The van der Waals surface area contributed by atoms with E-state index >= 15 is 0 Å². The van der Waals surface area contributed by atoms with Gasteiger partial charge in [0.15, 0.2) is 0 Å². The number of rotatable bonds is 2. The SMILES string of the molecule is CC1=C(C)N(c2c(Cl)cccc2-c2cc(C(C)(C)C)cc(C(C)(C)C)c2)CS1. The lowest BCUT2D eigenvalue weighted by atomic mass is 9.79. The van der Waals surface area contributed by atoms with Crippen LogP contribution in [-0.2, 0) is 10.8 Å². The van der Waals surface area contributed by atoms with Crippen molar-refractivity contribution in [3.63, 3.8) is 0 Å². The number of nitrogens with zero attached hydrogens (tertiary/aromatic N) is 1. The Balaban J connectivity index is 2.26. The minimum atomic E-state index is 0.0879. The molecule has 1 aliphatic rings. The molecule has 1 nitrogen and oxygen atoms in total. The first kappa shape index (κ1) is 21.3. The fraction of sp³-hybridized carbons (Fsp3) is 0.440. The molecule has 0 fully saturated rings. The van der Waals surface area contributed by atoms with E-state index in [1.54, 1.807) is 0 Å². The lowest BCUT2D eigenvalue weighted by Crippen LogP contribution is -2.18. The van der Waals surface area contributed by atoms with Gasteiger partial charge >= 0.3 is 0 Å². The zero-order chi connectivity index (χ0) is 20.9. The van der Waals surface area contributed by atoms with Crippen LogP contribution in [0.2, 0.25) is 5.02 Å². The summed E-state index contributed by atoms with van der Waals surface area (Å²) in [6, 6.07) is 13.3. The van der Waals surface area contributed by atoms with Crippen LogP contribution in [0.3, 0.4) is 0 Å². The highest BCUT2D eigenvalue weighted by Gasteiger charge is 2.26. The Hall–Kier alpha value is -1.38. The molecule has 0 unspecified atom stereocenters. The summed E-state index contributed by atoms with van der Waals surface area (Å²) in [4.78, 5) is 3.72. The van der Waals surface area contributed by atoms with E-state index in [1.807, 2.05) is 17.8 Å². The number of hydrogen-bond donors (Lipinski definition) is 0. The van der Waals surface area contributed by atoms with Crippen molar-refractivity contribution < 1.29 is 0 Å². The molecule has 28 heavy (non-hydrogen) atoms. The maximum absolute atomic E-state index is 6.76. The van der Waals surface area contributed by atoms with Gasteiger partial charge in [0.25, 0.3) is 0 Å². The van der Waals surface area contributed by atoms with Gasteiger partial charge < -0.3 is 4.90 Å². The second kappa shape index (κ2) is 7.46. The molecule has 3 rings (SSSR count). The Labute approximate surface area is 180 Å². The molecule has 0 aromatic heterocycles. The third-order valence-electron chi connectivity index (χ3n) is 5.56. The molecule has 1 aliphatic heterocycles. The molecule has 0 aliphatic carbocycles. The Morgan fingerprint density at radius 2 is 1.46 bits per heavy atom. The highest BCUT2D eigenvalue weighted by molar-refractivity contribution is 8.03. The van der Waals surface area contributed by atoms with Crippen LogP contribution in [0.4, 0.5) is 5.69 Å². The molecule has 0 bridgehead atoms. The third-order valence-corrected chi connectivity index (χ3v) is 6.98.